The number of alkyl halides is 1. The van der Waals surface area contributed by atoms with Crippen molar-refractivity contribution in [2.75, 3.05) is 5.75 Å². The van der Waals surface area contributed by atoms with E-state index in [9.17, 15) is 17.6 Å². The topological polar surface area (TPSA) is 71.4 Å². The molecule has 4 nitrogen and oxygen atoms in total. The number of halogens is 1. The quantitative estimate of drug-likeness (QED) is 0.869. The summed E-state index contributed by atoms with van der Waals surface area (Å²) in [4.78, 5) is 10.7. The normalized spacial score (nSPS) is 23.7. The van der Waals surface area contributed by atoms with Gasteiger partial charge in [-0.1, -0.05) is 18.2 Å². The van der Waals surface area contributed by atoms with Crippen LogP contribution < -0.4 is 0 Å². The van der Waals surface area contributed by atoms with Gasteiger partial charge in [0.2, 0.25) is 6.17 Å². The van der Waals surface area contributed by atoms with Crippen LogP contribution in [0.1, 0.15) is 17.9 Å². The molecule has 2 unspecified atom stereocenters. The Bertz CT molecular complexity index is 552. The number of rotatable bonds is 2. The summed E-state index contributed by atoms with van der Waals surface area (Å²) in [5.41, 5.74) is 0.272. The number of carbonyl (C=O) groups is 1. The second kappa shape index (κ2) is 4.10. The summed E-state index contributed by atoms with van der Waals surface area (Å²) in [6, 6.07) is 6.01. The van der Waals surface area contributed by atoms with Crippen molar-refractivity contribution in [2.24, 2.45) is 0 Å². The minimum Gasteiger partial charge on any atom is -0.479 e. The predicted octanol–water partition coefficient (Wildman–Crippen LogP) is 1.37. The van der Waals surface area contributed by atoms with Gasteiger partial charge in [0.15, 0.2) is 9.84 Å². The van der Waals surface area contributed by atoms with E-state index >= 15 is 0 Å². The van der Waals surface area contributed by atoms with Gasteiger partial charge in [-0.25, -0.2) is 17.6 Å². The smallest absolute Gasteiger partial charge is 0.338 e. The summed E-state index contributed by atoms with van der Waals surface area (Å²) in [5.74, 6) is -2.64. The Morgan fingerprint density at radius 3 is 2.71 bits per heavy atom. The van der Waals surface area contributed by atoms with Crippen LogP contribution in [0.3, 0.4) is 0 Å². The highest BCUT2D eigenvalue weighted by molar-refractivity contribution is 7.91. The number of carboxylic acid groups (broad SMARTS) is 1. The summed E-state index contributed by atoms with van der Waals surface area (Å²) in [6.07, 6.45) is -2.06. The fraction of sp³-hybridized carbons (Fsp3) is 0.364. The summed E-state index contributed by atoms with van der Waals surface area (Å²) in [6.45, 7) is 0. The number of hydrogen-bond donors (Lipinski definition) is 1. The van der Waals surface area contributed by atoms with Crippen LogP contribution in [0.5, 0.6) is 0 Å². The lowest BCUT2D eigenvalue weighted by Gasteiger charge is -2.26. The third-order valence-corrected chi connectivity index (χ3v) is 4.76. The molecule has 0 fully saturated rings. The van der Waals surface area contributed by atoms with E-state index in [1.165, 1.54) is 12.1 Å². The summed E-state index contributed by atoms with van der Waals surface area (Å²) in [7, 11) is -3.39. The third kappa shape index (κ3) is 2.04. The van der Waals surface area contributed by atoms with Crippen molar-refractivity contribution >= 4 is 15.8 Å². The average molecular weight is 258 g/mol. The van der Waals surface area contributed by atoms with Gasteiger partial charge in [0, 0.05) is 5.92 Å². The number of hydrogen-bond acceptors (Lipinski definition) is 3. The lowest BCUT2D eigenvalue weighted by Crippen LogP contribution is -2.30. The van der Waals surface area contributed by atoms with Crippen LogP contribution in [0.2, 0.25) is 0 Å². The molecular formula is C11H11FO4S. The number of fused-ring (bicyclic) bond motifs is 1. The molecule has 2 atom stereocenters. The lowest BCUT2D eigenvalue weighted by atomic mass is 9.91. The molecule has 0 saturated heterocycles. The zero-order valence-corrected chi connectivity index (χ0v) is 9.65. The molecule has 0 amide bonds. The summed E-state index contributed by atoms with van der Waals surface area (Å²) < 4.78 is 37.0. The average Bonchev–Trinajstić information content (AvgIpc) is 2.28. The number of carboxylic acids is 1. The SMILES string of the molecule is O=C(O)C(F)C1CCS(=O)(=O)c2ccccc21. The second-order valence-corrected chi connectivity index (χ2v) is 6.07. The van der Waals surface area contributed by atoms with E-state index in [1.54, 1.807) is 12.1 Å². The molecule has 0 bridgehead atoms. The molecule has 0 aliphatic carbocycles. The zero-order chi connectivity index (χ0) is 12.6. The van der Waals surface area contributed by atoms with Gasteiger partial charge in [0.25, 0.3) is 0 Å². The molecular weight excluding hydrogens is 247 g/mol. The Kier molecular flexibility index (Phi) is 2.91. The highest BCUT2D eigenvalue weighted by atomic mass is 32.2. The van der Waals surface area contributed by atoms with Crippen molar-refractivity contribution in [1.29, 1.82) is 0 Å². The van der Waals surface area contributed by atoms with Crippen molar-refractivity contribution < 1.29 is 22.7 Å². The molecule has 17 heavy (non-hydrogen) atoms. The van der Waals surface area contributed by atoms with Crippen molar-refractivity contribution in [3.8, 4) is 0 Å². The van der Waals surface area contributed by atoms with Gasteiger partial charge in [-0.2, -0.15) is 0 Å². The van der Waals surface area contributed by atoms with E-state index in [0.29, 0.717) is 0 Å². The maximum atomic E-state index is 13.5. The monoisotopic (exact) mass is 258 g/mol. The molecule has 1 heterocycles. The minimum absolute atomic E-state index is 0.00676. The first-order valence-corrected chi connectivity index (χ1v) is 6.77. The first-order valence-electron chi connectivity index (χ1n) is 5.12. The largest absolute Gasteiger partial charge is 0.479 e. The number of benzene rings is 1. The van der Waals surface area contributed by atoms with E-state index in [-0.39, 0.29) is 22.6 Å². The van der Waals surface area contributed by atoms with Crippen LogP contribution in [0.4, 0.5) is 4.39 Å². The van der Waals surface area contributed by atoms with Gasteiger partial charge >= 0.3 is 5.97 Å². The van der Waals surface area contributed by atoms with Crippen LogP contribution in [0, 0.1) is 0 Å². The molecule has 0 aromatic heterocycles. The van der Waals surface area contributed by atoms with Crippen LogP contribution in [0.25, 0.3) is 0 Å². The van der Waals surface area contributed by atoms with Gasteiger partial charge in [0.1, 0.15) is 0 Å². The zero-order valence-electron chi connectivity index (χ0n) is 8.84. The van der Waals surface area contributed by atoms with Crippen molar-refractivity contribution in [2.45, 2.75) is 23.4 Å². The molecule has 0 radical (unpaired) electrons. The highest BCUT2D eigenvalue weighted by Crippen LogP contribution is 2.36. The Balaban J connectivity index is 2.53. The van der Waals surface area contributed by atoms with Crippen molar-refractivity contribution in [3.05, 3.63) is 29.8 Å². The van der Waals surface area contributed by atoms with Crippen LogP contribution in [0.15, 0.2) is 29.2 Å². The maximum absolute atomic E-state index is 13.5. The molecule has 0 spiro atoms. The van der Waals surface area contributed by atoms with Crippen LogP contribution in [-0.4, -0.2) is 31.4 Å². The lowest BCUT2D eigenvalue weighted by molar-refractivity contribution is -0.143. The van der Waals surface area contributed by atoms with Gasteiger partial charge < -0.3 is 5.11 Å². The van der Waals surface area contributed by atoms with E-state index < -0.39 is 27.9 Å². The van der Waals surface area contributed by atoms with Crippen molar-refractivity contribution in [1.82, 2.24) is 0 Å². The molecule has 1 N–H and O–H groups in total. The Hall–Kier alpha value is -1.43. The van der Waals surface area contributed by atoms with Gasteiger partial charge in [0.05, 0.1) is 10.6 Å². The molecule has 1 aliphatic heterocycles. The predicted molar refractivity (Wildman–Crippen MR) is 58.4 cm³/mol. The van der Waals surface area contributed by atoms with Gasteiger partial charge in [-0.3, -0.25) is 0 Å². The second-order valence-electron chi connectivity index (χ2n) is 3.99. The molecule has 2 rings (SSSR count). The molecule has 1 aromatic carbocycles. The van der Waals surface area contributed by atoms with Gasteiger partial charge in [-0.15, -0.1) is 0 Å². The Labute approximate surface area is 98.0 Å². The molecule has 6 heteroatoms. The highest BCUT2D eigenvalue weighted by Gasteiger charge is 2.37. The minimum atomic E-state index is -3.39. The van der Waals surface area contributed by atoms with E-state index in [1.807, 2.05) is 0 Å². The summed E-state index contributed by atoms with van der Waals surface area (Å²) in [5, 5.41) is 8.67. The standard InChI is InChI=1S/C11H11FO4S/c12-10(11(13)14)8-5-6-17(15,16)9-4-2-1-3-7(8)9/h1-4,8,10H,5-6H2,(H,13,14). The molecule has 1 aromatic rings. The van der Waals surface area contributed by atoms with E-state index in [4.69, 9.17) is 5.11 Å². The Morgan fingerprint density at radius 2 is 2.06 bits per heavy atom. The molecule has 0 saturated carbocycles. The number of aliphatic carboxylic acids is 1. The van der Waals surface area contributed by atoms with Crippen LogP contribution in [-0.2, 0) is 14.6 Å². The van der Waals surface area contributed by atoms with Gasteiger partial charge in [-0.05, 0) is 18.1 Å². The van der Waals surface area contributed by atoms with E-state index in [2.05, 4.69) is 0 Å². The molecule has 1 aliphatic rings. The molecule has 92 valence electrons. The summed E-state index contributed by atoms with van der Waals surface area (Å²) >= 11 is 0. The van der Waals surface area contributed by atoms with E-state index in [0.717, 1.165) is 0 Å². The Morgan fingerprint density at radius 1 is 1.41 bits per heavy atom. The first kappa shape index (κ1) is 12.0. The first-order chi connectivity index (χ1) is 7.93. The third-order valence-electron chi connectivity index (χ3n) is 2.94. The van der Waals surface area contributed by atoms with Crippen molar-refractivity contribution in [3.63, 3.8) is 0 Å². The fourth-order valence-electron chi connectivity index (χ4n) is 2.09. The number of sulfone groups is 1. The maximum Gasteiger partial charge on any atom is 0.338 e. The fourth-order valence-corrected chi connectivity index (χ4v) is 3.74. The van der Waals surface area contributed by atoms with Crippen LogP contribution >= 0.6 is 0 Å².